The third kappa shape index (κ3) is 9.39. The molecule has 3 amide bonds. The van der Waals surface area contributed by atoms with E-state index in [-0.39, 0.29) is 18.4 Å². The number of urea groups is 1. The van der Waals surface area contributed by atoms with Crippen molar-refractivity contribution in [1.29, 1.82) is 0 Å². The Kier molecular flexibility index (Phi) is 11.5. The Morgan fingerprint density at radius 3 is 2.26 bits per heavy atom. The maximum atomic E-state index is 12.8. The zero-order valence-electron chi connectivity index (χ0n) is 23.5. The average molecular weight is 613 g/mol. The van der Waals surface area contributed by atoms with Gasteiger partial charge in [0.25, 0.3) is 0 Å². The minimum atomic E-state index is -0.853. The number of rotatable bonds is 11. The van der Waals surface area contributed by atoms with Crippen LogP contribution in [0.15, 0.2) is 72.8 Å². The summed E-state index contributed by atoms with van der Waals surface area (Å²) in [7, 11) is 1.30. The fourth-order valence-electron chi connectivity index (χ4n) is 4.80. The predicted molar refractivity (Wildman–Crippen MR) is 163 cm³/mol. The Hall–Kier alpha value is -3.75. The lowest BCUT2D eigenvalue weighted by molar-refractivity contribution is -0.142. The lowest BCUT2D eigenvalue weighted by atomic mass is 10.0. The summed E-state index contributed by atoms with van der Waals surface area (Å²) >= 11 is 12.0. The first kappa shape index (κ1) is 31.2. The average Bonchev–Trinajstić information content (AvgIpc) is 3.01. The number of esters is 1. The molecule has 10 heteroatoms. The molecule has 1 saturated heterocycles. The summed E-state index contributed by atoms with van der Waals surface area (Å²) in [5.74, 6) is 0.241. The van der Waals surface area contributed by atoms with Crippen LogP contribution in [-0.2, 0) is 33.8 Å². The normalized spacial score (nSPS) is 14.1. The molecule has 2 N–H and O–H groups in total. The van der Waals surface area contributed by atoms with E-state index in [4.69, 9.17) is 32.7 Å². The summed E-state index contributed by atoms with van der Waals surface area (Å²) in [5, 5.41) is 6.65. The van der Waals surface area contributed by atoms with Crippen molar-refractivity contribution < 1.29 is 23.9 Å². The van der Waals surface area contributed by atoms with Crippen molar-refractivity contribution in [2.45, 2.75) is 50.8 Å². The molecule has 0 spiro atoms. The smallest absolute Gasteiger partial charge is 0.328 e. The van der Waals surface area contributed by atoms with Gasteiger partial charge in [-0.15, -0.1) is 0 Å². The second-order valence-corrected chi connectivity index (χ2v) is 11.0. The SMILES string of the molecule is COC(=O)[C@H](Cc1ccc(OCc2ccccc2)cc1)NC(=O)NC1CCN(C(=O)CCc2ccc(Cl)c(Cl)c2)CC1. The van der Waals surface area contributed by atoms with E-state index in [1.165, 1.54) is 7.11 Å². The molecule has 0 radical (unpaired) electrons. The summed E-state index contributed by atoms with van der Waals surface area (Å²) in [4.78, 5) is 39.7. The van der Waals surface area contributed by atoms with Gasteiger partial charge < -0.3 is 25.0 Å². The number of benzene rings is 3. The molecule has 0 bridgehead atoms. The van der Waals surface area contributed by atoms with Gasteiger partial charge in [-0.1, -0.05) is 71.7 Å². The second-order valence-electron chi connectivity index (χ2n) is 10.2. The molecule has 1 aliphatic heterocycles. The highest BCUT2D eigenvalue weighted by molar-refractivity contribution is 6.42. The molecule has 8 nitrogen and oxygen atoms in total. The largest absolute Gasteiger partial charge is 0.489 e. The van der Waals surface area contributed by atoms with E-state index in [0.717, 1.165) is 16.7 Å². The van der Waals surface area contributed by atoms with Crippen LogP contribution in [0.2, 0.25) is 10.0 Å². The van der Waals surface area contributed by atoms with E-state index >= 15 is 0 Å². The third-order valence-electron chi connectivity index (χ3n) is 7.20. The molecular formula is C32H35Cl2N3O5. The van der Waals surface area contributed by atoms with Crippen molar-refractivity contribution in [3.05, 3.63) is 99.5 Å². The number of methoxy groups -OCH3 is 1. The second kappa shape index (κ2) is 15.5. The number of likely N-dealkylation sites (tertiary alicyclic amines) is 1. The Morgan fingerprint density at radius 2 is 1.60 bits per heavy atom. The van der Waals surface area contributed by atoms with Crippen molar-refractivity contribution in [2.75, 3.05) is 20.2 Å². The van der Waals surface area contributed by atoms with Crippen LogP contribution in [-0.4, -0.2) is 55.1 Å². The van der Waals surface area contributed by atoms with Crippen LogP contribution in [0.1, 0.15) is 36.0 Å². The highest BCUT2D eigenvalue weighted by Crippen LogP contribution is 2.23. The van der Waals surface area contributed by atoms with Gasteiger partial charge >= 0.3 is 12.0 Å². The topological polar surface area (TPSA) is 97.0 Å². The van der Waals surface area contributed by atoms with Gasteiger partial charge in [0.15, 0.2) is 0 Å². The first-order chi connectivity index (χ1) is 20.3. The van der Waals surface area contributed by atoms with Crippen LogP contribution in [0.5, 0.6) is 5.75 Å². The van der Waals surface area contributed by atoms with Gasteiger partial charge in [-0.3, -0.25) is 4.79 Å². The highest BCUT2D eigenvalue weighted by atomic mass is 35.5. The van der Waals surface area contributed by atoms with Gasteiger partial charge in [-0.25, -0.2) is 9.59 Å². The molecule has 0 aliphatic carbocycles. The number of carbonyl (C=O) groups excluding carboxylic acids is 3. The lowest BCUT2D eigenvalue weighted by Crippen LogP contribution is -2.53. The summed E-state index contributed by atoms with van der Waals surface area (Å²) < 4.78 is 10.8. The molecule has 222 valence electrons. The maximum absolute atomic E-state index is 12.8. The molecule has 1 atom stereocenters. The van der Waals surface area contributed by atoms with E-state index in [0.29, 0.717) is 61.2 Å². The first-order valence-electron chi connectivity index (χ1n) is 13.9. The zero-order valence-corrected chi connectivity index (χ0v) is 25.0. The van der Waals surface area contributed by atoms with Gasteiger partial charge in [0.1, 0.15) is 18.4 Å². The standard InChI is InChI=1S/C32H35Cl2N3O5/c1-41-31(39)29(20-23-7-11-26(12-8-23)42-21-24-5-3-2-4-6-24)36-32(40)35-25-15-17-37(18-16-25)30(38)14-10-22-9-13-27(33)28(34)19-22/h2-9,11-13,19,25,29H,10,14-18,20-21H2,1H3,(H2,35,36,40)/t29-/m0/s1. The Balaban J connectivity index is 1.21. The number of amides is 3. The molecule has 1 heterocycles. The molecular weight excluding hydrogens is 577 g/mol. The van der Waals surface area contributed by atoms with Crippen LogP contribution in [0, 0.1) is 0 Å². The summed E-state index contributed by atoms with van der Waals surface area (Å²) in [5.41, 5.74) is 2.88. The van der Waals surface area contributed by atoms with Gasteiger partial charge in [0, 0.05) is 32.0 Å². The van der Waals surface area contributed by atoms with Gasteiger partial charge in [0.2, 0.25) is 5.91 Å². The van der Waals surface area contributed by atoms with Crippen LogP contribution in [0.25, 0.3) is 0 Å². The van der Waals surface area contributed by atoms with E-state index in [1.54, 1.807) is 12.1 Å². The summed E-state index contributed by atoms with van der Waals surface area (Å²) in [6, 6.07) is 21.3. The van der Waals surface area contributed by atoms with Crippen molar-refractivity contribution >= 4 is 41.1 Å². The zero-order chi connectivity index (χ0) is 29.9. The number of piperidine rings is 1. The van der Waals surface area contributed by atoms with Crippen LogP contribution >= 0.6 is 23.2 Å². The molecule has 1 fully saturated rings. The van der Waals surface area contributed by atoms with Gasteiger partial charge in [-0.2, -0.15) is 0 Å². The van der Waals surface area contributed by atoms with Gasteiger partial charge in [-0.05, 0) is 60.2 Å². The van der Waals surface area contributed by atoms with E-state index < -0.39 is 18.0 Å². The third-order valence-corrected chi connectivity index (χ3v) is 7.94. The molecule has 42 heavy (non-hydrogen) atoms. The Bertz CT molecular complexity index is 1350. The van der Waals surface area contributed by atoms with Crippen molar-refractivity contribution in [3.8, 4) is 5.75 Å². The molecule has 1 aliphatic rings. The number of aryl methyl sites for hydroxylation is 1. The molecule has 4 rings (SSSR count). The molecule has 0 aromatic heterocycles. The summed E-state index contributed by atoms with van der Waals surface area (Å²) in [6.07, 6.45) is 2.47. The van der Waals surface area contributed by atoms with Crippen LogP contribution < -0.4 is 15.4 Å². The molecule has 0 saturated carbocycles. The minimum absolute atomic E-state index is 0.0613. The Morgan fingerprint density at radius 1 is 0.905 bits per heavy atom. The number of hydrogen-bond donors (Lipinski definition) is 2. The monoisotopic (exact) mass is 611 g/mol. The summed E-state index contributed by atoms with van der Waals surface area (Å²) in [6.45, 7) is 1.55. The molecule has 0 unspecified atom stereocenters. The quantitative estimate of drug-likeness (QED) is 0.276. The van der Waals surface area contributed by atoms with E-state index in [1.807, 2.05) is 65.6 Å². The van der Waals surface area contributed by atoms with Crippen LogP contribution in [0.4, 0.5) is 4.79 Å². The molecule has 3 aromatic carbocycles. The highest BCUT2D eigenvalue weighted by Gasteiger charge is 2.26. The van der Waals surface area contributed by atoms with Gasteiger partial charge in [0.05, 0.1) is 17.2 Å². The first-order valence-corrected chi connectivity index (χ1v) is 14.7. The van der Waals surface area contributed by atoms with E-state index in [2.05, 4.69) is 10.6 Å². The number of hydrogen-bond acceptors (Lipinski definition) is 5. The predicted octanol–water partition coefficient (Wildman–Crippen LogP) is 5.58. The van der Waals surface area contributed by atoms with Crippen LogP contribution in [0.3, 0.4) is 0 Å². The number of nitrogens with zero attached hydrogens (tertiary/aromatic N) is 1. The number of ether oxygens (including phenoxy) is 2. The molecule has 3 aromatic rings. The number of nitrogens with one attached hydrogen (secondary N) is 2. The minimum Gasteiger partial charge on any atom is -0.489 e. The van der Waals surface area contributed by atoms with Crippen molar-refractivity contribution in [2.24, 2.45) is 0 Å². The van der Waals surface area contributed by atoms with Crippen molar-refractivity contribution in [3.63, 3.8) is 0 Å². The van der Waals surface area contributed by atoms with Crippen molar-refractivity contribution in [1.82, 2.24) is 15.5 Å². The number of carbonyl (C=O) groups is 3. The van der Waals surface area contributed by atoms with E-state index in [9.17, 15) is 14.4 Å². The number of halogens is 2. The fraction of sp³-hybridized carbons (Fsp3) is 0.344. The fourth-order valence-corrected chi connectivity index (χ4v) is 5.12. The lowest BCUT2D eigenvalue weighted by Gasteiger charge is -2.32. The Labute approximate surface area is 256 Å². The maximum Gasteiger partial charge on any atom is 0.328 e.